The maximum absolute atomic E-state index is 11.1. The summed E-state index contributed by atoms with van der Waals surface area (Å²) in [6.07, 6.45) is 4.57. The van der Waals surface area contributed by atoms with Crippen LogP contribution < -0.4 is 0 Å². The van der Waals surface area contributed by atoms with Crippen molar-refractivity contribution in [1.29, 1.82) is 5.26 Å². The van der Waals surface area contributed by atoms with Crippen LogP contribution in [0.25, 0.3) is 0 Å². The number of nitrogens with zero attached hydrogens (tertiary/aromatic N) is 4. The molecule has 0 fully saturated rings. The predicted octanol–water partition coefficient (Wildman–Crippen LogP) is 3.61. The van der Waals surface area contributed by atoms with Gasteiger partial charge < -0.3 is 4.98 Å². The molecule has 0 radical (unpaired) electrons. The van der Waals surface area contributed by atoms with E-state index in [9.17, 15) is 20.2 Å². The van der Waals surface area contributed by atoms with Crippen LogP contribution in [0.5, 0.6) is 0 Å². The zero-order valence-corrected chi connectivity index (χ0v) is 13.6. The van der Waals surface area contributed by atoms with E-state index in [4.69, 9.17) is 5.26 Å². The third-order valence-corrected chi connectivity index (χ3v) is 3.92. The number of rotatable bonds is 8. The zero-order chi connectivity index (χ0) is 18.4. The average molecular weight is 343 g/mol. The van der Waals surface area contributed by atoms with Crippen LogP contribution in [-0.4, -0.2) is 19.8 Å². The first-order valence-corrected chi connectivity index (χ1v) is 7.82. The van der Waals surface area contributed by atoms with Crippen molar-refractivity contribution in [2.24, 2.45) is 0 Å². The predicted molar refractivity (Wildman–Crippen MR) is 89.0 cm³/mol. The minimum absolute atomic E-state index is 0.159. The highest BCUT2D eigenvalue weighted by atomic mass is 16.6. The van der Waals surface area contributed by atoms with Crippen molar-refractivity contribution in [3.63, 3.8) is 0 Å². The number of nitriles is 1. The van der Waals surface area contributed by atoms with Crippen LogP contribution in [0.1, 0.15) is 49.2 Å². The van der Waals surface area contributed by atoms with Crippen molar-refractivity contribution in [3.8, 4) is 6.07 Å². The summed E-state index contributed by atoms with van der Waals surface area (Å²) in [5, 5.41) is 31.0. The largest absolute Gasteiger partial charge is 0.336 e. The lowest BCUT2D eigenvalue weighted by atomic mass is 9.89. The summed E-state index contributed by atoms with van der Waals surface area (Å²) in [6, 6.07) is 5.63. The van der Waals surface area contributed by atoms with Crippen molar-refractivity contribution in [2.45, 2.75) is 38.5 Å². The van der Waals surface area contributed by atoms with E-state index in [1.807, 2.05) is 13.0 Å². The second kappa shape index (κ2) is 8.01. The standard InChI is InChI=1S/C16H17N5O4/c1-2-3-4-11(5-13-10-18-16(9-17)19-13)12-6-14(20(22)23)8-15(7-12)21(24)25/h6-8,10-11H,2-5H2,1H3,(H,18,19). The van der Waals surface area contributed by atoms with Crippen LogP contribution in [0.3, 0.4) is 0 Å². The van der Waals surface area contributed by atoms with E-state index >= 15 is 0 Å². The summed E-state index contributed by atoms with van der Waals surface area (Å²) < 4.78 is 0. The first kappa shape index (κ1) is 18.1. The number of non-ortho nitro benzene ring substituents is 2. The highest BCUT2D eigenvalue weighted by Crippen LogP contribution is 2.32. The van der Waals surface area contributed by atoms with Gasteiger partial charge in [-0.05, 0) is 24.3 Å². The van der Waals surface area contributed by atoms with Crippen molar-refractivity contribution in [2.75, 3.05) is 0 Å². The lowest BCUT2D eigenvalue weighted by Crippen LogP contribution is -2.06. The molecule has 1 aromatic heterocycles. The quantitative estimate of drug-likeness (QED) is 0.573. The minimum atomic E-state index is -0.629. The molecule has 0 saturated heterocycles. The van der Waals surface area contributed by atoms with E-state index in [2.05, 4.69) is 9.97 Å². The van der Waals surface area contributed by atoms with Crippen molar-refractivity contribution in [3.05, 3.63) is 61.7 Å². The number of hydrogen-bond acceptors (Lipinski definition) is 6. The number of nitro benzene ring substituents is 2. The van der Waals surface area contributed by atoms with Crippen molar-refractivity contribution < 1.29 is 9.85 Å². The maximum Gasteiger partial charge on any atom is 0.276 e. The van der Waals surface area contributed by atoms with Crippen LogP contribution in [0.4, 0.5) is 11.4 Å². The summed E-state index contributed by atoms with van der Waals surface area (Å²) in [7, 11) is 0. The lowest BCUT2D eigenvalue weighted by Gasteiger charge is -2.16. The summed E-state index contributed by atoms with van der Waals surface area (Å²) in [5.74, 6) is 0.0302. The van der Waals surface area contributed by atoms with E-state index in [0.29, 0.717) is 24.1 Å². The van der Waals surface area contributed by atoms with Gasteiger partial charge in [-0.1, -0.05) is 19.8 Å². The topological polar surface area (TPSA) is 139 Å². The number of nitrogens with one attached hydrogen (secondary N) is 1. The van der Waals surface area contributed by atoms with Gasteiger partial charge in [0.1, 0.15) is 6.07 Å². The van der Waals surface area contributed by atoms with Gasteiger partial charge in [0.25, 0.3) is 11.4 Å². The summed E-state index contributed by atoms with van der Waals surface area (Å²) in [5.41, 5.74) is 0.582. The normalized spacial score (nSPS) is 11.7. The fourth-order valence-corrected chi connectivity index (χ4v) is 2.68. The van der Waals surface area contributed by atoms with Gasteiger partial charge in [0, 0.05) is 18.3 Å². The molecule has 1 heterocycles. The van der Waals surface area contributed by atoms with Crippen LogP contribution in [0.2, 0.25) is 0 Å². The molecular weight excluding hydrogens is 326 g/mol. The van der Waals surface area contributed by atoms with Gasteiger partial charge in [-0.25, -0.2) is 4.98 Å². The molecule has 0 saturated carbocycles. The Bertz CT molecular complexity index is 792. The van der Waals surface area contributed by atoms with Gasteiger partial charge in [-0.15, -0.1) is 0 Å². The van der Waals surface area contributed by atoms with E-state index in [0.717, 1.165) is 18.9 Å². The number of H-pyrrole nitrogens is 1. The molecule has 2 aromatic rings. The molecular formula is C16H17N5O4. The van der Waals surface area contributed by atoms with Gasteiger partial charge in [-0.2, -0.15) is 5.26 Å². The smallest absolute Gasteiger partial charge is 0.276 e. The van der Waals surface area contributed by atoms with E-state index < -0.39 is 9.85 Å². The molecule has 9 nitrogen and oxygen atoms in total. The molecule has 0 aliphatic rings. The number of aromatic amines is 1. The van der Waals surface area contributed by atoms with Crippen LogP contribution in [-0.2, 0) is 6.42 Å². The molecule has 0 spiro atoms. The lowest BCUT2D eigenvalue weighted by molar-refractivity contribution is -0.394. The van der Waals surface area contributed by atoms with Crippen molar-refractivity contribution in [1.82, 2.24) is 9.97 Å². The van der Waals surface area contributed by atoms with Crippen LogP contribution in [0, 0.1) is 31.6 Å². The number of nitro groups is 2. The number of imidazole rings is 1. The van der Waals surface area contributed by atoms with Gasteiger partial charge in [0.15, 0.2) is 0 Å². The average Bonchev–Trinajstić information content (AvgIpc) is 3.05. The van der Waals surface area contributed by atoms with E-state index in [-0.39, 0.29) is 23.1 Å². The molecule has 2 rings (SSSR count). The zero-order valence-electron chi connectivity index (χ0n) is 13.6. The fraction of sp³-hybridized carbons (Fsp3) is 0.375. The first-order valence-electron chi connectivity index (χ1n) is 7.82. The molecule has 1 N–H and O–H groups in total. The fourth-order valence-electron chi connectivity index (χ4n) is 2.68. The van der Waals surface area contributed by atoms with E-state index in [1.54, 1.807) is 6.20 Å². The minimum Gasteiger partial charge on any atom is -0.336 e. The summed E-state index contributed by atoms with van der Waals surface area (Å²) in [6.45, 7) is 2.02. The number of unbranched alkanes of at least 4 members (excludes halogenated alkanes) is 1. The van der Waals surface area contributed by atoms with Gasteiger partial charge >= 0.3 is 0 Å². The molecule has 0 amide bonds. The summed E-state index contributed by atoms with van der Waals surface area (Å²) in [4.78, 5) is 27.8. The Morgan fingerprint density at radius 3 is 2.36 bits per heavy atom. The maximum atomic E-state index is 11.1. The molecule has 1 atom stereocenters. The Balaban J connectivity index is 2.40. The highest BCUT2D eigenvalue weighted by Gasteiger charge is 2.22. The van der Waals surface area contributed by atoms with E-state index in [1.165, 1.54) is 12.1 Å². The van der Waals surface area contributed by atoms with Gasteiger partial charge in [0.2, 0.25) is 5.82 Å². The Labute approximate surface area is 143 Å². The molecule has 0 aliphatic carbocycles. The van der Waals surface area contributed by atoms with Gasteiger partial charge in [-0.3, -0.25) is 20.2 Å². The molecule has 0 aliphatic heterocycles. The van der Waals surface area contributed by atoms with Crippen molar-refractivity contribution >= 4 is 11.4 Å². The second-order valence-electron chi connectivity index (χ2n) is 5.69. The Morgan fingerprint density at radius 1 is 1.24 bits per heavy atom. The molecule has 1 aromatic carbocycles. The molecule has 9 heteroatoms. The van der Waals surface area contributed by atoms with Crippen LogP contribution in [0.15, 0.2) is 24.4 Å². The molecule has 130 valence electrons. The Morgan fingerprint density at radius 2 is 1.88 bits per heavy atom. The monoisotopic (exact) mass is 343 g/mol. The third kappa shape index (κ3) is 4.60. The summed E-state index contributed by atoms with van der Waals surface area (Å²) >= 11 is 0. The Kier molecular flexibility index (Phi) is 5.79. The first-order chi connectivity index (χ1) is 11.9. The SMILES string of the molecule is CCCCC(Cc1c[nH]c(C#N)n1)c1cc([N+](=O)[O-])cc([N+](=O)[O-])c1. The second-order valence-corrected chi connectivity index (χ2v) is 5.69. The number of hydrogen-bond donors (Lipinski definition) is 1. The molecule has 1 unspecified atom stereocenters. The number of aromatic nitrogens is 2. The highest BCUT2D eigenvalue weighted by molar-refractivity contribution is 5.48. The van der Waals surface area contributed by atoms with Gasteiger partial charge in [0.05, 0.1) is 21.6 Å². The third-order valence-electron chi connectivity index (χ3n) is 3.92. The number of benzene rings is 1. The van der Waals surface area contributed by atoms with Crippen LogP contribution >= 0.6 is 0 Å². The Hall–Kier alpha value is -3.28. The molecule has 0 bridgehead atoms. The molecule has 25 heavy (non-hydrogen) atoms.